The van der Waals surface area contributed by atoms with Crippen molar-refractivity contribution in [2.45, 2.75) is 6.92 Å². The fourth-order valence-electron chi connectivity index (χ4n) is 1.44. The van der Waals surface area contributed by atoms with Gasteiger partial charge in [-0.2, -0.15) is 0 Å². The van der Waals surface area contributed by atoms with Crippen molar-refractivity contribution in [3.63, 3.8) is 0 Å². The van der Waals surface area contributed by atoms with Crippen molar-refractivity contribution in [1.29, 1.82) is 0 Å². The molecule has 0 atom stereocenters. The molecule has 1 aromatic heterocycles. The van der Waals surface area contributed by atoms with Gasteiger partial charge in [-0.1, -0.05) is 18.2 Å². The molecule has 0 radical (unpaired) electrons. The standard InChI is InChI=1S/C11H8I2N2O/c1-7-9(12)14-10(13)11(16)15(7)8-5-3-2-4-6-8/h2-6H,1H3. The smallest absolute Gasteiger partial charge is 0.277 e. The summed E-state index contributed by atoms with van der Waals surface area (Å²) in [5, 5.41) is 0. The zero-order valence-electron chi connectivity index (χ0n) is 8.45. The second kappa shape index (κ2) is 4.82. The van der Waals surface area contributed by atoms with Crippen molar-refractivity contribution in [1.82, 2.24) is 9.55 Å². The van der Waals surface area contributed by atoms with Crippen molar-refractivity contribution < 1.29 is 0 Å². The summed E-state index contributed by atoms with van der Waals surface area (Å²) in [5.41, 5.74) is 1.69. The molecule has 82 valence electrons. The van der Waals surface area contributed by atoms with Gasteiger partial charge in [-0.15, -0.1) is 0 Å². The maximum Gasteiger partial charge on any atom is 0.287 e. The highest BCUT2D eigenvalue weighted by Gasteiger charge is 2.10. The zero-order valence-corrected chi connectivity index (χ0v) is 12.8. The predicted octanol–water partition coefficient (Wildman–Crippen LogP) is 2.75. The Morgan fingerprint density at radius 2 is 1.75 bits per heavy atom. The first-order valence-corrected chi connectivity index (χ1v) is 6.77. The Morgan fingerprint density at radius 3 is 2.38 bits per heavy atom. The topological polar surface area (TPSA) is 34.9 Å². The number of halogens is 2. The monoisotopic (exact) mass is 438 g/mol. The van der Waals surface area contributed by atoms with Crippen LogP contribution in [0, 0.1) is 14.3 Å². The van der Waals surface area contributed by atoms with E-state index in [0.717, 1.165) is 15.1 Å². The maximum absolute atomic E-state index is 12.0. The zero-order chi connectivity index (χ0) is 11.7. The number of aromatic nitrogens is 2. The first-order valence-electron chi connectivity index (χ1n) is 4.61. The SMILES string of the molecule is Cc1c(I)nc(I)c(=O)n1-c1ccccc1. The average molecular weight is 438 g/mol. The van der Waals surface area contributed by atoms with Crippen LogP contribution in [-0.2, 0) is 0 Å². The Bertz CT molecular complexity index is 579. The Hall–Kier alpha value is -0.440. The second-order valence-corrected chi connectivity index (χ2v) is 5.30. The summed E-state index contributed by atoms with van der Waals surface area (Å²) in [5.74, 6) is 0. The van der Waals surface area contributed by atoms with Crippen LogP contribution in [0.4, 0.5) is 0 Å². The van der Waals surface area contributed by atoms with E-state index in [1.807, 2.05) is 59.8 Å². The molecule has 3 nitrogen and oxygen atoms in total. The first-order chi connectivity index (χ1) is 7.61. The first kappa shape index (κ1) is 12.0. The normalized spacial score (nSPS) is 10.4. The largest absolute Gasteiger partial charge is 0.287 e. The van der Waals surface area contributed by atoms with Gasteiger partial charge in [0.25, 0.3) is 5.56 Å². The predicted molar refractivity (Wildman–Crippen MR) is 80.0 cm³/mol. The van der Waals surface area contributed by atoms with Gasteiger partial charge < -0.3 is 0 Å². The summed E-state index contributed by atoms with van der Waals surface area (Å²) in [6.07, 6.45) is 0. The van der Waals surface area contributed by atoms with E-state index in [1.54, 1.807) is 4.57 Å². The summed E-state index contributed by atoms with van der Waals surface area (Å²) < 4.78 is 3.04. The van der Waals surface area contributed by atoms with Crippen LogP contribution < -0.4 is 5.56 Å². The van der Waals surface area contributed by atoms with Crippen LogP contribution >= 0.6 is 45.2 Å². The lowest BCUT2D eigenvalue weighted by Crippen LogP contribution is -2.25. The number of rotatable bonds is 1. The molecule has 16 heavy (non-hydrogen) atoms. The molecule has 0 unspecified atom stereocenters. The molecule has 1 heterocycles. The van der Waals surface area contributed by atoms with Gasteiger partial charge in [-0.05, 0) is 64.2 Å². The van der Waals surface area contributed by atoms with Gasteiger partial charge in [0.15, 0.2) is 3.70 Å². The summed E-state index contributed by atoms with van der Waals surface area (Å²) in [7, 11) is 0. The van der Waals surface area contributed by atoms with E-state index in [0.29, 0.717) is 3.70 Å². The minimum absolute atomic E-state index is 0.0651. The Balaban J connectivity index is 2.80. The second-order valence-electron chi connectivity index (χ2n) is 3.25. The lowest BCUT2D eigenvalue weighted by molar-refractivity contribution is 0.871. The molecule has 0 bridgehead atoms. The van der Waals surface area contributed by atoms with E-state index in [4.69, 9.17) is 0 Å². The van der Waals surface area contributed by atoms with Crippen LogP contribution in [0.3, 0.4) is 0 Å². The number of hydrogen-bond acceptors (Lipinski definition) is 2. The molecule has 0 spiro atoms. The molecule has 0 saturated carbocycles. The van der Waals surface area contributed by atoms with Crippen LogP contribution in [0.1, 0.15) is 5.69 Å². The molecular weight excluding hydrogens is 430 g/mol. The fourth-order valence-corrected chi connectivity index (χ4v) is 2.87. The number of para-hydroxylation sites is 1. The number of nitrogens with zero attached hydrogens (tertiary/aromatic N) is 2. The van der Waals surface area contributed by atoms with Crippen molar-refractivity contribution in [2.24, 2.45) is 0 Å². The molecule has 0 N–H and O–H groups in total. The van der Waals surface area contributed by atoms with Crippen LogP contribution in [0.5, 0.6) is 0 Å². The molecule has 0 fully saturated rings. The summed E-state index contributed by atoms with van der Waals surface area (Å²) in [6.45, 7) is 1.90. The van der Waals surface area contributed by atoms with E-state index in [2.05, 4.69) is 27.6 Å². The van der Waals surface area contributed by atoms with E-state index >= 15 is 0 Å². The third kappa shape index (κ3) is 2.15. The fraction of sp³-hybridized carbons (Fsp3) is 0.0909. The van der Waals surface area contributed by atoms with E-state index in [-0.39, 0.29) is 5.56 Å². The lowest BCUT2D eigenvalue weighted by atomic mass is 10.3. The Labute approximate surface area is 120 Å². The highest BCUT2D eigenvalue weighted by Crippen LogP contribution is 2.13. The molecule has 0 saturated heterocycles. The van der Waals surface area contributed by atoms with Crippen LogP contribution in [0.2, 0.25) is 0 Å². The molecule has 5 heteroatoms. The number of benzene rings is 1. The van der Waals surface area contributed by atoms with Gasteiger partial charge in [-0.25, -0.2) is 4.98 Å². The molecule has 0 aliphatic carbocycles. The summed E-state index contributed by atoms with van der Waals surface area (Å²) in [6, 6.07) is 9.60. The molecule has 0 amide bonds. The number of hydrogen-bond donors (Lipinski definition) is 0. The molecule has 0 aliphatic rings. The van der Waals surface area contributed by atoms with Crippen LogP contribution in [0.25, 0.3) is 5.69 Å². The van der Waals surface area contributed by atoms with Gasteiger partial charge in [0.2, 0.25) is 0 Å². The van der Waals surface area contributed by atoms with Gasteiger partial charge in [0, 0.05) is 5.69 Å². The van der Waals surface area contributed by atoms with Crippen LogP contribution in [0.15, 0.2) is 35.1 Å². The quantitative estimate of drug-likeness (QED) is 0.643. The van der Waals surface area contributed by atoms with Crippen molar-refractivity contribution in [3.8, 4) is 5.69 Å². The molecule has 2 rings (SSSR count). The van der Waals surface area contributed by atoms with Crippen molar-refractivity contribution in [3.05, 3.63) is 53.8 Å². The maximum atomic E-state index is 12.0. The third-order valence-electron chi connectivity index (χ3n) is 2.22. The Morgan fingerprint density at radius 1 is 1.12 bits per heavy atom. The Kier molecular flexibility index (Phi) is 3.63. The van der Waals surface area contributed by atoms with E-state index in [1.165, 1.54) is 0 Å². The minimum Gasteiger partial charge on any atom is -0.277 e. The van der Waals surface area contributed by atoms with E-state index in [9.17, 15) is 4.79 Å². The van der Waals surface area contributed by atoms with E-state index < -0.39 is 0 Å². The highest BCUT2D eigenvalue weighted by atomic mass is 127. The van der Waals surface area contributed by atoms with Crippen molar-refractivity contribution in [2.75, 3.05) is 0 Å². The van der Waals surface area contributed by atoms with Crippen LogP contribution in [-0.4, -0.2) is 9.55 Å². The van der Waals surface area contributed by atoms with Gasteiger partial charge in [0.05, 0.1) is 5.69 Å². The lowest BCUT2D eigenvalue weighted by Gasteiger charge is -2.11. The summed E-state index contributed by atoms with van der Waals surface area (Å²) in [4.78, 5) is 16.2. The average Bonchev–Trinajstić information content (AvgIpc) is 2.28. The van der Waals surface area contributed by atoms with Gasteiger partial charge >= 0.3 is 0 Å². The molecule has 0 aliphatic heterocycles. The van der Waals surface area contributed by atoms with Gasteiger partial charge in [0.1, 0.15) is 3.70 Å². The van der Waals surface area contributed by atoms with Gasteiger partial charge in [-0.3, -0.25) is 9.36 Å². The molecule has 1 aromatic carbocycles. The third-order valence-corrected chi connectivity index (χ3v) is 3.95. The molecular formula is C11H8I2N2O. The van der Waals surface area contributed by atoms with Crippen molar-refractivity contribution >= 4 is 45.2 Å². The molecule has 2 aromatic rings. The minimum atomic E-state index is -0.0651. The highest BCUT2D eigenvalue weighted by molar-refractivity contribution is 14.1. The summed E-state index contributed by atoms with van der Waals surface area (Å²) >= 11 is 4.11.